The average molecular weight is 276 g/mol. The van der Waals surface area contributed by atoms with Crippen molar-refractivity contribution in [1.82, 2.24) is 4.98 Å². The normalized spacial score (nSPS) is 17.4. The minimum Gasteiger partial charge on any atom is -0.375 e. The number of hydrogen-bond donors (Lipinski definition) is 1. The summed E-state index contributed by atoms with van der Waals surface area (Å²) in [6.07, 6.45) is 1.90. The molecule has 0 amide bonds. The minimum absolute atomic E-state index is 0.211. The van der Waals surface area contributed by atoms with Crippen molar-refractivity contribution in [1.29, 1.82) is 5.26 Å². The maximum absolute atomic E-state index is 9.19. The number of thiazole rings is 1. The number of aromatic nitrogens is 1. The highest BCUT2D eigenvalue weighted by atomic mass is 35.5. The van der Waals surface area contributed by atoms with Crippen LogP contribution in [-0.4, -0.2) is 4.98 Å². The standard InChI is InChI=1S/C13H10ClN3S/c14-8-2-1-7(6-15)10(5-8)9-3-4-11-12(9)18-13(16)17-11/h1-2,5,9H,3-4H2,(H2,16,17). The molecule has 2 N–H and O–H groups in total. The van der Waals surface area contributed by atoms with Crippen LogP contribution in [0.5, 0.6) is 0 Å². The molecular weight excluding hydrogens is 266 g/mol. The summed E-state index contributed by atoms with van der Waals surface area (Å²) in [7, 11) is 0. The zero-order valence-corrected chi connectivity index (χ0v) is 11.1. The smallest absolute Gasteiger partial charge is 0.180 e. The van der Waals surface area contributed by atoms with Crippen LogP contribution in [0.2, 0.25) is 5.02 Å². The fourth-order valence-corrected chi connectivity index (χ4v) is 3.68. The summed E-state index contributed by atoms with van der Waals surface area (Å²) in [5, 5.41) is 10.5. The molecule has 1 unspecified atom stereocenters. The molecule has 0 fully saturated rings. The van der Waals surface area contributed by atoms with Crippen LogP contribution in [0.4, 0.5) is 5.13 Å². The summed E-state index contributed by atoms with van der Waals surface area (Å²) in [5.74, 6) is 0.211. The first-order valence-electron chi connectivity index (χ1n) is 5.63. The van der Waals surface area contributed by atoms with Gasteiger partial charge in [-0.1, -0.05) is 11.6 Å². The topological polar surface area (TPSA) is 62.7 Å². The zero-order chi connectivity index (χ0) is 12.7. The van der Waals surface area contributed by atoms with Gasteiger partial charge in [0.25, 0.3) is 0 Å². The highest BCUT2D eigenvalue weighted by Gasteiger charge is 2.29. The Kier molecular flexibility index (Phi) is 2.73. The number of halogens is 1. The van der Waals surface area contributed by atoms with Crippen LogP contribution in [0.15, 0.2) is 18.2 Å². The number of rotatable bonds is 1. The first-order valence-corrected chi connectivity index (χ1v) is 6.83. The molecule has 0 aliphatic heterocycles. The fraction of sp³-hybridized carbons (Fsp3) is 0.231. The summed E-state index contributed by atoms with van der Waals surface area (Å²) in [4.78, 5) is 5.51. The van der Waals surface area contributed by atoms with Gasteiger partial charge in [-0.2, -0.15) is 5.26 Å². The number of nitrogens with zero attached hydrogens (tertiary/aromatic N) is 2. The Balaban J connectivity index is 2.12. The Morgan fingerprint density at radius 3 is 3.11 bits per heavy atom. The van der Waals surface area contributed by atoms with Gasteiger partial charge in [-0.25, -0.2) is 4.98 Å². The molecule has 0 saturated carbocycles. The SMILES string of the molecule is N#Cc1ccc(Cl)cc1C1CCc2nc(N)sc21. The third-order valence-electron chi connectivity index (χ3n) is 3.24. The summed E-state index contributed by atoms with van der Waals surface area (Å²) < 4.78 is 0. The van der Waals surface area contributed by atoms with Gasteiger partial charge in [0.1, 0.15) is 0 Å². The van der Waals surface area contributed by atoms with E-state index in [9.17, 15) is 5.26 Å². The van der Waals surface area contributed by atoms with E-state index in [0.29, 0.717) is 15.7 Å². The number of hydrogen-bond acceptors (Lipinski definition) is 4. The fourth-order valence-electron chi connectivity index (χ4n) is 2.47. The lowest BCUT2D eigenvalue weighted by atomic mass is 9.94. The van der Waals surface area contributed by atoms with Gasteiger partial charge >= 0.3 is 0 Å². The molecule has 18 heavy (non-hydrogen) atoms. The van der Waals surface area contributed by atoms with Gasteiger partial charge in [0.15, 0.2) is 5.13 Å². The van der Waals surface area contributed by atoms with E-state index in [2.05, 4.69) is 11.1 Å². The number of nitriles is 1. The Morgan fingerprint density at radius 1 is 1.50 bits per heavy atom. The van der Waals surface area contributed by atoms with Gasteiger partial charge in [0.05, 0.1) is 17.3 Å². The molecule has 3 rings (SSSR count). The van der Waals surface area contributed by atoms with Crippen LogP contribution in [0.25, 0.3) is 0 Å². The van der Waals surface area contributed by atoms with Gasteiger partial charge in [-0.15, -0.1) is 11.3 Å². The number of benzene rings is 1. The molecule has 1 aromatic heterocycles. The van der Waals surface area contributed by atoms with Crippen molar-refractivity contribution in [2.24, 2.45) is 0 Å². The molecule has 1 aliphatic carbocycles. The van der Waals surface area contributed by atoms with Crippen LogP contribution in [0.1, 0.15) is 34.0 Å². The molecule has 0 saturated heterocycles. The molecule has 5 heteroatoms. The van der Waals surface area contributed by atoms with E-state index in [1.807, 2.05) is 6.07 Å². The van der Waals surface area contributed by atoms with Crippen molar-refractivity contribution in [3.63, 3.8) is 0 Å². The number of nitrogens with two attached hydrogens (primary N) is 1. The Bertz CT molecular complexity index is 657. The van der Waals surface area contributed by atoms with Crippen molar-refractivity contribution in [3.8, 4) is 6.07 Å². The highest BCUT2D eigenvalue weighted by molar-refractivity contribution is 7.15. The second-order valence-electron chi connectivity index (χ2n) is 4.30. The van der Waals surface area contributed by atoms with Crippen LogP contribution in [0.3, 0.4) is 0 Å². The molecule has 0 bridgehead atoms. The van der Waals surface area contributed by atoms with Crippen molar-refractivity contribution in [3.05, 3.63) is 44.9 Å². The number of anilines is 1. The lowest BCUT2D eigenvalue weighted by molar-refractivity contribution is 0.788. The summed E-state index contributed by atoms with van der Waals surface area (Å²) in [6.45, 7) is 0. The Labute approximate surface area is 114 Å². The Hall–Kier alpha value is -1.57. The largest absolute Gasteiger partial charge is 0.375 e. The van der Waals surface area contributed by atoms with Gasteiger partial charge in [-0.05, 0) is 36.6 Å². The van der Waals surface area contributed by atoms with Crippen molar-refractivity contribution < 1.29 is 0 Å². The molecule has 0 spiro atoms. The van der Waals surface area contributed by atoms with Crippen molar-refractivity contribution in [2.45, 2.75) is 18.8 Å². The molecule has 90 valence electrons. The second kappa shape index (κ2) is 4.27. The average Bonchev–Trinajstić information content (AvgIpc) is 2.87. The molecule has 0 radical (unpaired) electrons. The number of fused-ring (bicyclic) bond motifs is 1. The third-order valence-corrected chi connectivity index (χ3v) is 4.52. The first-order chi connectivity index (χ1) is 8.69. The van der Waals surface area contributed by atoms with Gasteiger partial charge in [0, 0.05) is 15.8 Å². The predicted molar refractivity (Wildman–Crippen MR) is 72.9 cm³/mol. The van der Waals surface area contributed by atoms with Gasteiger partial charge < -0.3 is 5.73 Å². The van der Waals surface area contributed by atoms with Crippen LogP contribution in [0, 0.1) is 11.3 Å². The van der Waals surface area contributed by atoms with Crippen molar-refractivity contribution >= 4 is 28.1 Å². The summed E-state index contributed by atoms with van der Waals surface area (Å²) in [6, 6.07) is 7.64. The number of aryl methyl sites for hydroxylation is 1. The maximum atomic E-state index is 9.19. The van der Waals surface area contributed by atoms with E-state index < -0.39 is 0 Å². The highest BCUT2D eigenvalue weighted by Crippen LogP contribution is 2.43. The molecule has 1 aromatic carbocycles. The molecule has 1 heterocycles. The van der Waals surface area contributed by atoms with E-state index in [-0.39, 0.29) is 5.92 Å². The summed E-state index contributed by atoms with van der Waals surface area (Å²) >= 11 is 7.56. The second-order valence-corrected chi connectivity index (χ2v) is 5.80. The van der Waals surface area contributed by atoms with E-state index in [4.69, 9.17) is 17.3 Å². The van der Waals surface area contributed by atoms with E-state index in [1.54, 1.807) is 12.1 Å². The van der Waals surface area contributed by atoms with E-state index >= 15 is 0 Å². The molecule has 1 atom stereocenters. The van der Waals surface area contributed by atoms with Gasteiger partial charge in [0.2, 0.25) is 0 Å². The van der Waals surface area contributed by atoms with Crippen molar-refractivity contribution in [2.75, 3.05) is 5.73 Å². The molecule has 3 nitrogen and oxygen atoms in total. The van der Waals surface area contributed by atoms with Crippen LogP contribution < -0.4 is 5.73 Å². The lowest BCUT2D eigenvalue weighted by Crippen LogP contribution is -1.98. The number of nitrogen functional groups attached to an aromatic ring is 1. The molecule has 1 aliphatic rings. The van der Waals surface area contributed by atoms with E-state index in [0.717, 1.165) is 24.1 Å². The third kappa shape index (κ3) is 1.76. The van der Waals surface area contributed by atoms with E-state index in [1.165, 1.54) is 16.2 Å². The molecule has 2 aromatic rings. The van der Waals surface area contributed by atoms with Crippen LogP contribution in [-0.2, 0) is 6.42 Å². The monoisotopic (exact) mass is 275 g/mol. The minimum atomic E-state index is 0.211. The quantitative estimate of drug-likeness (QED) is 0.868. The molecular formula is C13H10ClN3S. The first kappa shape index (κ1) is 11.5. The maximum Gasteiger partial charge on any atom is 0.180 e. The summed E-state index contributed by atoms with van der Waals surface area (Å²) in [5.41, 5.74) is 8.50. The Morgan fingerprint density at radius 2 is 2.33 bits per heavy atom. The van der Waals surface area contributed by atoms with Gasteiger partial charge in [-0.3, -0.25) is 0 Å². The predicted octanol–water partition coefficient (Wildman–Crippen LogP) is 3.33. The zero-order valence-electron chi connectivity index (χ0n) is 9.48. The lowest BCUT2D eigenvalue weighted by Gasteiger charge is -2.12. The van der Waals surface area contributed by atoms with Crippen LogP contribution >= 0.6 is 22.9 Å².